The molecule has 0 bridgehead atoms. The molecule has 0 atom stereocenters. The number of ketones is 1. The number of carbonyl (C=O) groups excluding carboxylic acids is 1. The fourth-order valence-electron chi connectivity index (χ4n) is 1.47. The molecule has 0 fully saturated rings. The van der Waals surface area contributed by atoms with Gasteiger partial charge in [-0.3, -0.25) is 4.79 Å². The quantitative estimate of drug-likeness (QED) is 0.674. The van der Waals surface area contributed by atoms with Crippen LogP contribution >= 0.6 is 22.9 Å². The first-order chi connectivity index (χ1) is 8.41. The van der Waals surface area contributed by atoms with Crippen molar-refractivity contribution >= 4 is 34.4 Å². The number of halogens is 3. The van der Waals surface area contributed by atoms with Crippen molar-refractivity contribution in [3.05, 3.63) is 50.2 Å². The Bertz CT molecular complexity index is 620. The first kappa shape index (κ1) is 13.0. The summed E-state index contributed by atoms with van der Waals surface area (Å²) in [6.45, 7) is 1.71. The Morgan fingerprint density at radius 1 is 1.39 bits per heavy atom. The third-order valence-electron chi connectivity index (χ3n) is 2.43. The summed E-state index contributed by atoms with van der Waals surface area (Å²) in [6.07, 6.45) is 0. The van der Waals surface area contributed by atoms with Crippen molar-refractivity contribution in [2.45, 2.75) is 6.92 Å². The molecule has 0 aliphatic carbocycles. The van der Waals surface area contributed by atoms with Gasteiger partial charge in [0, 0.05) is 0 Å². The van der Waals surface area contributed by atoms with Crippen LogP contribution in [-0.4, -0.2) is 5.78 Å². The van der Waals surface area contributed by atoms with Crippen molar-refractivity contribution in [2.75, 3.05) is 5.73 Å². The smallest absolute Gasteiger partial charge is 0.209 e. The fourth-order valence-corrected chi connectivity index (χ4v) is 2.62. The van der Waals surface area contributed by atoms with Gasteiger partial charge in [-0.05, 0) is 30.7 Å². The van der Waals surface area contributed by atoms with Gasteiger partial charge in [0.1, 0.15) is 5.82 Å². The number of thiophene rings is 1. The topological polar surface area (TPSA) is 43.1 Å². The number of carbonyl (C=O) groups is 1. The molecule has 0 aliphatic heterocycles. The van der Waals surface area contributed by atoms with Crippen molar-refractivity contribution in [3.63, 3.8) is 0 Å². The second kappa shape index (κ2) is 4.66. The maximum absolute atomic E-state index is 13.7. The van der Waals surface area contributed by atoms with E-state index in [4.69, 9.17) is 17.3 Å². The van der Waals surface area contributed by atoms with Crippen LogP contribution in [0.3, 0.4) is 0 Å². The van der Waals surface area contributed by atoms with Gasteiger partial charge >= 0.3 is 0 Å². The van der Waals surface area contributed by atoms with Crippen LogP contribution in [0.25, 0.3) is 0 Å². The van der Waals surface area contributed by atoms with Gasteiger partial charge in [0.15, 0.2) is 5.82 Å². The Morgan fingerprint density at radius 3 is 2.61 bits per heavy atom. The molecule has 1 aromatic carbocycles. The lowest BCUT2D eigenvalue weighted by Gasteiger charge is -2.04. The zero-order chi connectivity index (χ0) is 13.4. The first-order valence-electron chi connectivity index (χ1n) is 4.96. The molecular weight excluding hydrogens is 280 g/mol. The molecule has 0 amide bonds. The summed E-state index contributed by atoms with van der Waals surface area (Å²) in [5.74, 6) is -2.73. The molecule has 18 heavy (non-hydrogen) atoms. The van der Waals surface area contributed by atoms with E-state index in [-0.39, 0.29) is 10.6 Å². The first-order valence-corrected chi connectivity index (χ1v) is 6.15. The summed E-state index contributed by atoms with van der Waals surface area (Å²) >= 11 is 6.81. The summed E-state index contributed by atoms with van der Waals surface area (Å²) in [6, 6.07) is 3.54. The van der Waals surface area contributed by atoms with Gasteiger partial charge in [0.25, 0.3) is 0 Å². The second-order valence-electron chi connectivity index (χ2n) is 3.72. The molecule has 2 aromatic rings. The van der Waals surface area contributed by atoms with Crippen LogP contribution in [0.4, 0.5) is 14.5 Å². The minimum atomic E-state index is -1.04. The Labute approximate surface area is 111 Å². The van der Waals surface area contributed by atoms with E-state index in [1.165, 1.54) is 6.07 Å². The Balaban J connectivity index is 2.56. The number of nitrogens with two attached hydrogens (primary N) is 1. The highest BCUT2D eigenvalue weighted by Crippen LogP contribution is 2.30. The van der Waals surface area contributed by atoms with Gasteiger partial charge in [0.2, 0.25) is 5.78 Å². The lowest BCUT2D eigenvalue weighted by molar-refractivity contribution is 0.103. The average molecular weight is 288 g/mol. The van der Waals surface area contributed by atoms with E-state index in [1.807, 2.05) is 0 Å². The van der Waals surface area contributed by atoms with Crippen LogP contribution in [0.2, 0.25) is 4.34 Å². The second-order valence-corrected chi connectivity index (χ2v) is 5.38. The Kier molecular flexibility index (Phi) is 3.36. The Hall–Kier alpha value is -1.46. The molecule has 0 saturated heterocycles. The van der Waals surface area contributed by atoms with Gasteiger partial charge in [-0.25, -0.2) is 8.78 Å². The molecule has 0 aliphatic rings. The van der Waals surface area contributed by atoms with Gasteiger partial charge in [0.05, 0.1) is 20.5 Å². The lowest BCUT2D eigenvalue weighted by Crippen LogP contribution is -2.08. The average Bonchev–Trinajstić information content (AvgIpc) is 2.65. The minimum absolute atomic E-state index is 0.181. The standard InChI is InChI=1S/C12H8ClF2NOS/c1-5-4-8(18-12(5)13)11(17)9-6(14)2-3-7(16)10(9)15/h2-4H,16H2,1H3. The Morgan fingerprint density at radius 2 is 2.06 bits per heavy atom. The van der Waals surface area contributed by atoms with Gasteiger partial charge in [-0.1, -0.05) is 11.6 Å². The predicted octanol–water partition coefficient (Wildman–Crippen LogP) is 3.80. The molecule has 1 aromatic heterocycles. The van der Waals surface area contributed by atoms with E-state index in [1.54, 1.807) is 6.92 Å². The van der Waals surface area contributed by atoms with Crippen LogP contribution in [0, 0.1) is 18.6 Å². The number of anilines is 1. The molecule has 0 saturated carbocycles. The van der Waals surface area contributed by atoms with Crippen LogP contribution in [0.15, 0.2) is 18.2 Å². The third-order valence-corrected chi connectivity index (χ3v) is 3.98. The normalized spacial score (nSPS) is 10.7. The zero-order valence-corrected chi connectivity index (χ0v) is 10.8. The summed E-state index contributed by atoms with van der Waals surface area (Å²) in [5.41, 5.74) is 5.10. The number of nitrogen functional groups attached to an aromatic ring is 1. The highest BCUT2D eigenvalue weighted by Gasteiger charge is 2.22. The molecular formula is C12H8ClF2NOS. The maximum Gasteiger partial charge on any atom is 0.209 e. The number of rotatable bonds is 2. The van der Waals surface area contributed by atoms with Crippen LogP contribution in [-0.2, 0) is 0 Å². The monoisotopic (exact) mass is 287 g/mol. The molecule has 2 nitrogen and oxygen atoms in total. The number of benzene rings is 1. The summed E-state index contributed by atoms with van der Waals surface area (Å²) in [7, 11) is 0. The molecule has 0 unspecified atom stereocenters. The fraction of sp³-hybridized carbons (Fsp3) is 0.0833. The maximum atomic E-state index is 13.7. The SMILES string of the molecule is Cc1cc(C(=O)c2c(F)ccc(N)c2F)sc1Cl. The third kappa shape index (κ3) is 2.11. The van der Waals surface area contributed by atoms with Crippen LogP contribution < -0.4 is 5.73 Å². The van der Waals surface area contributed by atoms with Gasteiger partial charge in [-0.2, -0.15) is 0 Å². The van der Waals surface area contributed by atoms with E-state index in [0.717, 1.165) is 23.5 Å². The lowest BCUT2D eigenvalue weighted by atomic mass is 10.1. The van der Waals surface area contributed by atoms with Crippen LogP contribution in [0.1, 0.15) is 20.8 Å². The summed E-state index contributed by atoms with van der Waals surface area (Å²) in [4.78, 5) is 12.2. The van der Waals surface area contributed by atoms with Crippen molar-refractivity contribution < 1.29 is 13.6 Å². The molecule has 0 spiro atoms. The van der Waals surface area contributed by atoms with Crippen molar-refractivity contribution in [2.24, 2.45) is 0 Å². The summed E-state index contributed by atoms with van der Waals surface area (Å²) < 4.78 is 27.6. The van der Waals surface area contributed by atoms with E-state index in [2.05, 4.69) is 0 Å². The van der Waals surface area contributed by atoms with Crippen molar-refractivity contribution in [1.82, 2.24) is 0 Å². The molecule has 0 radical (unpaired) electrons. The van der Waals surface area contributed by atoms with Gasteiger partial charge < -0.3 is 5.73 Å². The highest BCUT2D eigenvalue weighted by molar-refractivity contribution is 7.18. The van der Waals surface area contributed by atoms with Crippen molar-refractivity contribution in [1.29, 1.82) is 0 Å². The molecule has 6 heteroatoms. The zero-order valence-electron chi connectivity index (χ0n) is 9.26. The van der Waals surface area contributed by atoms with E-state index >= 15 is 0 Å². The molecule has 94 valence electrons. The minimum Gasteiger partial charge on any atom is -0.396 e. The molecule has 2 rings (SSSR count). The van der Waals surface area contributed by atoms with E-state index < -0.39 is 23.0 Å². The number of hydrogen-bond acceptors (Lipinski definition) is 3. The summed E-state index contributed by atoms with van der Waals surface area (Å²) in [5, 5.41) is 0. The van der Waals surface area contributed by atoms with Crippen LogP contribution in [0.5, 0.6) is 0 Å². The largest absolute Gasteiger partial charge is 0.396 e. The highest BCUT2D eigenvalue weighted by atomic mass is 35.5. The predicted molar refractivity (Wildman–Crippen MR) is 68.3 cm³/mol. The van der Waals surface area contributed by atoms with Crippen molar-refractivity contribution in [3.8, 4) is 0 Å². The van der Waals surface area contributed by atoms with Gasteiger partial charge in [-0.15, -0.1) is 11.3 Å². The number of aryl methyl sites for hydroxylation is 1. The molecule has 1 heterocycles. The van der Waals surface area contributed by atoms with E-state index in [0.29, 0.717) is 9.90 Å². The van der Waals surface area contributed by atoms with E-state index in [9.17, 15) is 13.6 Å². The number of hydrogen-bond donors (Lipinski definition) is 1. The molecule has 2 N–H and O–H groups in total.